The Kier molecular flexibility index (Phi) is 4.74. The van der Waals surface area contributed by atoms with E-state index in [0.717, 1.165) is 21.6 Å². The van der Waals surface area contributed by atoms with Crippen molar-refractivity contribution in [3.8, 4) is 0 Å². The zero-order chi connectivity index (χ0) is 13.8. The lowest BCUT2D eigenvalue weighted by Crippen LogP contribution is -2.11. The lowest BCUT2D eigenvalue weighted by atomic mass is 10.3. The van der Waals surface area contributed by atoms with Crippen molar-refractivity contribution in [2.45, 2.75) is 13.8 Å². The predicted molar refractivity (Wildman–Crippen MR) is 81.3 cm³/mol. The molecule has 0 saturated carbocycles. The Morgan fingerprint density at radius 1 is 1.53 bits per heavy atom. The van der Waals surface area contributed by atoms with E-state index in [1.54, 1.807) is 11.3 Å². The van der Waals surface area contributed by atoms with Crippen LogP contribution in [0.4, 0.5) is 5.82 Å². The van der Waals surface area contributed by atoms with Crippen LogP contribution in [0, 0.1) is 6.92 Å². The molecule has 2 aromatic rings. The minimum absolute atomic E-state index is 0.264. The fourth-order valence-electron chi connectivity index (χ4n) is 1.64. The lowest BCUT2D eigenvalue weighted by molar-refractivity contribution is 0.167. The van der Waals surface area contributed by atoms with Gasteiger partial charge in [0.25, 0.3) is 0 Å². The van der Waals surface area contributed by atoms with Crippen molar-refractivity contribution in [3.05, 3.63) is 28.4 Å². The molecule has 2 aromatic heterocycles. The maximum Gasteiger partial charge on any atom is 0.225 e. The summed E-state index contributed by atoms with van der Waals surface area (Å²) in [6.45, 7) is 9.62. The second-order valence-corrected chi connectivity index (χ2v) is 5.93. The van der Waals surface area contributed by atoms with Gasteiger partial charge in [0.2, 0.25) is 5.28 Å². The third-order valence-corrected chi connectivity index (χ3v) is 3.49. The van der Waals surface area contributed by atoms with Gasteiger partial charge in [-0.25, -0.2) is 9.97 Å². The molecule has 4 nitrogen and oxygen atoms in total. The Hall–Kier alpha value is -1.17. The van der Waals surface area contributed by atoms with E-state index in [0.29, 0.717) is 19.8 Å². The fraction of sp³-hybridized carbons (Fsp3) is 0.385. The number of ether oxygens (including phenoxy) is 1. The van der Waals surface area contributed by atoms with Gasteiger partial charge >= 0.3 is 0 Å². The zero-order valence-corrected chi connectivity index (χ0v) is 12.6. The van der Waals surface area contributed by atoms with Crippen LogP contribution in [0.2, 0.25) is 5.28 Å². The van der Waals surface area contributed by atoms with Gasteiger partial charge in [-0.1, -0.05) is 12.2 Å². The third-order valence-electron chi connectivity index (χ3n) is 2.38. The van der Waals surface area contributed by atoms with Crippen LogP contribution in [-0.2, 0) is 4.74 Å². The first-order chi connectivity index (χ1) is 9.06. The van der Waals surface area contributed by atoms with Crippen molar-refractivity contribution in [3.63, 3.8) is 0 Å². The molecular formula is C13H16ClN3OS. The first-order valence-corrected chi connectivity index (χ1v) is 7.15. The van der Waals surface area contributed by atoms with Crippen molar-refractivity contribution in [2.24, 2.45) is 0 Å². The van der Waals surface area contributed by atoms with Gasteiger partial charge in [0.05, 0.1) is 18.6 Å². The molecule has 0 fully saturated rings. The van der Waals surface area contributed by atoms with Crippen molar-refractivity contribution >= 4 is 39.0 Å². The molecule has 0 amide bonds. The molecule has 0 saturated heterocycles. The average molecular weight is 298 g/mol. The average Bonchev–Trinajstić information content (AvgIpc) is 2.68. The number of thiophene rings is 1. The Bertz CT molecular complexity index is 597. The normalized spacial score (nSPS) is 10.9. The summed E-state index contributed by atoms with van der Waals surface area (Å²) in [4.78, 5) is 10.5. The second-order valence-electron chi connectivity index (χ2n) is 4.35. The van der Waals surface area contributed by atoms with E-state index in [9.17, 15) is 0 Å². The van der Waals surface area contributed by atoms with Gasteiger partial charge in [-0.3, -0.25) is 0 Å². The minimum Gasteiger partial charge on any atom is -0.375 e. The molecule has 2 rings (SSSR count). The number of fused-ring (bicyclic) bond motifs is 1. The highest BCUT2D eigenvalue weighted by Crippen LogP contribution is 2.29. The molecule has 0 aliphatic heterocycles. The van der Waals surface area contributed by atoms with Crippen LogP contribution in [0.3, 0.4) is 0 Å². The van der Waals surface area contributed by atoms with Gasteiger partial charge < -0.3 is 10.1 Å². The molecule has 102 valence electrons. The topological polar surface area (TPSA) is 47.0 Å². The van der Waals surface area contributed by atoms with Crippen molar-refractivity contribution in [1.29, 1.82) is 0 Å². The molecule has 0 atom stereocenters. The molecule has 0 unspecified atom stereocenters. The molecule has 0 spiro atoms. The monoisotopic (exact) mass is 297 g/mol. The predicted octanol–water partition coefficient (Wildman–Crippen LogP) is 3.66. The summed E-state index contributed by atoms with van der Waals surface area (Å²) in [5, 5.41) is 4.50. The summed E-state index contributed by atoms with van der Waals surface area (Å²) in [6.07, 6.45) is 0. The smallest absolute Gasteiger partial charge is 0.225 e. The van der Waals surface area contributed by atoms with Crippen LogP contribution in [0.25, 0.3) is 10.2 Å². The van der Waals surface area contributed by atoms with Gasteiger partial charge in [-0.2, -0.15) is 0 Å². The summed E-state index contributed by atoms with van der Waals surface area (Å²) in [5.74, 6) is 0.762. The summed E-state index contributed by atoms with van der Waals surface area (Å²) in [6, 6.07) is 2.06. The van der Waals surface area contributed by atoms with E-state index in [2.05, 4.69) is 27.9 Å². The van der Waals surface area contributed by atoms with Crippen molar-refractivity contribution < 1.29 is 4.74 Å². The standard InChI is InChI=1S/C13H16ClN3OS/c1-8(2)7-18-5-4-15-11-10-6-9(3)19-12(10)17-13(14)16-11/h6H,1,4-5,7H2,2-3H3,(H,15,16,17). The summed E-state index contributed by atoms with van der Waals surface area (Å²) in [5.41, 5.74) is 1.01. The summed E-state index contributed by atoms with van der Waals surface area (Å²) >= 11 is 7.53. The van der Waals surface area contributed by atoms with E-state index in [1.165, 1.54) is 4.88 Å². The van der Waals surface area contributed by atoms with Crippen molar-refractivity contribution in [2.75, 3.05) is 25.1 Å². The van der Waals surface area contributed by atoms with E-state index in [4.69, 9.17) is 16.3 Å². The van der Waals surface area contributed by atoms with E-state index in [1.807, 2.05) is 13.8 Å². The minimum atomic E-state index is 0.264. The first kappa shape index (κ1) is 14.2. The van der Waals surface area contributed by atoms with Gasteiger partial charge in [0.15, 0.2) is 0 Å². The Morgan fingerprint density at radius 3 is 3.05 bits per heavy atom. The Labute approximate surface area is 121 Å². The lowest BCUT2D eigenvalue weighted by Gasteiger charge is -2.07. The second kappa shape index (κ2) is 6.32. The number of rotatable bonds is 6. The molecule has 0 aromatic carbocycles. The molecule has 0 radical (unpaired) electrons. The molecular weight excluding hydrogens is 282 g/mol. The highest BCUT2D eigenvalue weighted by molar-refractivity contribution is 7.18. The van der Waals surface area contributed by atoms with Crippen molar-refractivity contribution in [1.82, 2.24) is 9.97 Å². The highest BCUT2D eigenvalue weighted by Gasteiger charge is 2.09. The fourth-order valence-corrected chi connectivity index (χ4v) is 2.74. The number of aryl methyl sites for hydroxylation is 1. The van der Waals surface area contributed by atoms with Gasteiger partial charge in [-0.05, 0) is 31.5 Å². The Balaban J connectivity index is 2.01. The molecule has 0 bridgehead atoms. The van der Waals surface area contributed by atoms with Crippen LogP contribution in [0.5, 0.6) is 0 Å². The van der Waals surface area contributed by atoms with Gasteiger partial charge in [0, 0.05) is 11.4 Å². The number of nitrogens with zero attached hydrogens (tertiary/aromatic N) is 2. The van der Waals surface area contributed by atoms with Gasteiger partial charge in [-0.15, -0.1) is 11.3 Å². The SMILES string of the molecule is C=C(C)COCCNc1nc(Cl)nc2sc(C)cc12. The van der Waals surface area contributed by atoms with Crippen LogP contribution < -0.4 is 5.32 Å². The largest absolute Gasteiger partial charge is 0.375 e. The van der Waals surface area contributed by atoms with E-state index in [-0.39, 0.29) is 5.28 Å². The molecule has 0 aliphatic rings. The Morgan fingerprint density at radius 2 is 2.32 bits per heavy atom. The number of nitrogens with one attached hydrogen (secondary N) is 1. The molecule has 6 heteroatoms. The maximum atomic E-state index is 5.92. The number of hydrogen-bond donors (Lipinski definition) is 1. The number of anilines is 1. The molecule has 2 heterocycles. The molecule has 1 N–H and O–H groups in total. The van der Waals surface area contributed by atoms with E-state index >= 15 is 0 Å². The number of aromatic nitrogens is 2. The van der Waals surface area contributed by atoms with Crippen LogP contribution in [0.15, 0.2) is 18.2 Å². The first-order valence-electron chi connectivity index (χ1n) is 5.96. The maximum absolute atomic E-state index is 5.92. The summed E-state index contributed by atoms with van der Waals surface area (Å²) < 4.78 is 5.43. The third kappa shape index (κ3) is 3.89. The summed E-state index contributed by atoms with van der Waals surface area (Å²) in [7, 11) is 0. The highest BCUT2D eigenvalue weighted by atomic mass is 35.5. The molecule has 0 aliphatic carbocycles. The van der Waals surface area contributed by atoms with Crippen LogP contribution in [0.1, 0.15) is 11.8 Å². The number of hydrogen-bond acceptors (Lipinski definition) is 5. The zero-order valence-electron chi connectivity index (χ0n) is 11.0. The number of halogens is 1. The van der Waals surface area contributed by atoms with E-state index < -0.39 is 0 Å². The molecule has 19 heavy (non-hydrogen) atoms. The van der Waals surface area contributed by atoms with Gasteiger partial charge in [0.1, 0.15) is 10.6 Å². The van der Waals surface area contributed by atoms with Crippen LogP contribution >= 0.6 is 22.9 Å². The quantitative estimate of drug-likeness (QED) is 0.502. The van der Waals surface area contributed by atoms with Crippen LogP contribution in [-0.4, -0.2) is 29.7 Å².